The highest BCUT2D eigenvalue weighted by Gasteiger charge is 2.31. The number of hydrogen-bond acceptors (Lipinski definition) is 5. The minimum absolute atomic E-state index is 0.243. The van der Waals surface area contributed by atoms with Gasteiger partial charge in [0.05, 0.1) is 16.4 Å². The summed E-state index contributed by atoms with van der Waals surface area (Å²) in [6, 6.07) is 6.06. The third-order valence-corrected chi connectivity index (χ3v) is 6.56. The quantitative estimate of drug-likeness (QED) is 0.591. The van der Waals surface area contributed by atoms with Crippen molar-refractivity contribution in [2.24, 2.45) is 5.92 Å². The van der Waals surface area contributed by atoms with Gasteiger partial charge in [-0.05, 0) is 59.2 Å². The second-order valence-electron chi connectivity index (χ2n) is 8.34. The van der Waals surface area contributed by atoms with E-state index in [1.807, 2.05) is 27.7 Å². The highest BCUT2D eigenvalue weighted by atomic mass is 79.9. The van der Waals surface area contributed by atoms with E-state index in [1.54, 1.807) is 12.4 Å². The van der Waals surface area contributed by atoms with Crippen LogP contribution >= 0.6 is 15.9 Å². The van der Waals surface area contributed by atoms with E-state index in [4.69, 9.17) is 4.98 Å². The molecule has 1 saturated heterocycles. The molecule has 1 unspecified atom stereocenters. The number of pyridine rings is 1. The van der Waals surface area contributed by atoms with E-state index in [1.165, 1.54) is 12.8 Å². The van der Waals surface area contributed by atoms with Gasteiger partial charge in [-0.2, -0.15) is 9.61 Å². The van der Waals surface area contributed by atoms with Crippen LogP contribution in [0.3, 0.4) is 0 Å². The van der Waals surface area contributed by atoms with Crippen LogP contribution in [-0.4, -0.2) is 43.5 Å². The van der Waals surface area contributed by atoms with Gasteiger partial charge in [0.2, 0.25) is 5.91 Å². The number of aromatic nitrogens is 4. The Labute approximate surface area is 184 Å². The van der Waals surface area contributed by atoms with Gasteiger partial charge in [-0.3, -0.25) is 9.78 Å². The number of rotatable bonds is 6. The number of amides is 1. The van der Waals surface area contributed by atoms with Crippen molar-refractivity contribution in [2.75, 3.05) is 18.4 Å². The summed E-state index contributed by atoms with van der Waals surface area (Å²) in [5.74, 6) is 2.07. The molecule has 8 heteroatoms. The third kappa shape index (κ3) is 4.19. The van der Waals surface area contributed by atoms with Crippen LogP contribution in [0.4, 0.5) is 5.82 Å². The van der Waals surface area contributed by atoms with Crippen molar-refractivity contribution in [2.45, 2.75) is 44.6 Å². The van der Waals surface area contributed by atoms with Gasteiger partial charge >= 0.3 is 0 Å². The van der Waals surface area contributed by atoms with Crippen molar-refractivity contribution >= 4 is 33.3 Å². The van der Waals surface area contributed by atoms with Crippen LogP contribution in [0.1, 0.15) is 49.3 Å². The zero-order valence-corrected chi connectivity index (χ0v) is 18.4. The third-order valence-electron chi connectivity index (χ3n) is 6.00. The fourth-order valence-electron chi connectivity index (χ4n) is 4.13. The Morgan fingerprint density at radius 1 is 1.27 bits per heavy atom. The predicted octanol–water partition coefficient (Wildman–Crippen LogP) is 4.01. The Bertz CT molecular complexity index is 1050. The van der Waals surface area contributed by atoms with Crippen molar-refractivity contribution in [1.82, 2.24) is 24.5 Å². The summed E-state index contributed by atoms with van der Waals surface area (Å²) >= 11 is 3.58. The minimum Gasteiger partial charge on any atom is -0.366 e. The lowest BCUT2D eigenvalue weighted by Gasteiger charge is -2.33. The van der Waals surface area contributed by atoms with E-state index in [0.29, 0.717) is 24.8 Å². The highest BCUT2D eigenvalue weighted by molar-refractivity contribution is 9.10. The molecule has 1 aliphatic carbocycles. The molecule has 5 rings (SSSR count). The van der Waals surface area contributed by atoms with E-state index < -0.39 is 0 Å². The smallest absolute Gasteiger partial charge is 0.222 e. The largest absolute Gasteiger partial charge is 0.366 e. The average molecular weight is 469 g/mol. The fourth-order valence-corrected chi connectivity index (χ4v) is 4.48. The zero-order valence-electron chi connectivity index (χ0n) is 16.8. The van der Waals surface area contributed by atoms with Gasteiger partial charge < -0.3 is 10.2 Å². The van der Waals surface area contributed by atoms with Crippen LogP contribution in [0.25, 0.3) is 5.65 Å². The molecule has 1 amide bonds. The van der Waals surface area contributed by atoms with E-state index >= 15 is 0 Å². The van der Waals surface area contributed by atoms with Crippen molar-refractivity contribution in [3.63, 3.8) is 0 Å². The van der Waals surface area contributed by atoms with Crippen molar-refractivity contribution in [3.05, 3.63) is 52.5 Å². The fraction of sp³-hybridized carbons (Fsp3) is 0.455. The van der Waals surface area contributed by atoms with Gasteiger partial charge in [0.15, 0.2) is 5.65 Å². The first kappa shape index (κ1) is 19.5. The molecule has 2 fully saturated rings. The molecule has 0 bridgehead atoms. The van der Waals surface area contributed by atoms with Gasteiger partial charge in [-0.25, -0.2) is 4.98 Å². The number of carbonyl (C=O) groups excluding carboxylic acids is 1. The van der Waals surface area contributed by atoms with E-state index in [9.17, 15) is 4.79 Å². The van der Waals surface area contributed by atoms with Crippen molar-refractivity contribution < 1.29 is 4.79 Å². The standard InChI is InChI=1S/C22H25BrN6O/c23-18-13-26-29-20(25-12-16-3-1-7-24-11-16)10-19(27-22(18)29)17-4-2-8-28(14-17)21(30)9-15-5-6-15/h1,3,7,10-11,13,15,17,25H,2,4-6,8-9,12,14H2. The molecule has 7 nitrogen and oxygen atoms in total. The second kappa shape index (κ2) is 8.34. The number of halogens is 1. The van der Waals surface area contributed by atoms with E-state index in [2.05, 4.69) is 37.4 Å². The Morgan fingerprint density at radius 2 is 2.17 bits per heavy atom. The molecule has 0 spiro atoms. The number of likely N-dealkylation sites (tertiary alicyclic amines) is 1. The normalized spacial score (nSPS) is 19.2. The molecule has 2 aliphatic rings. The molecule has 3 aromatic rings. The summed E-state index contributed by atoms with van der Waals surface area (Å²) < 4.78 is 2.69. The van der Waals surface area contributed by atoms with Crippen LogP contribution in [-0.2, 0) is 11.3 Å². The number of carbonyl (C=O) groups is 1. The monoisotopic (exact) mass is 468 g/mol. The second-order valence-corrected chi connectivity index (χ2v) is 9.19. The van der Waals surface area contributed by atoms with Crippen molar-refractivity contribution in [1.29, 1.82) is 0 Å². The number of fused-ring (bicyclic) bond motifs is 1. The Morgan fingerprint density at radius 3 is 2.97 bits per heavy atom. The van der Waals surface area contributed by atoms with Crippen LogP contribution in [0, 0.1) is 5.92 Å². The summed E-state index contributed by atoms with van der Waals surface area (Å²) in [6.45, 7) is 2.27. The van der Waals surface area contributed by atoms with Gasteiger partial charge in [-0.15, -0.1) is 0 Å². The maximum atomic E-state index is 12.6. The molecular weight excluding hydrogens is 444 g/mol. The van der Waals surface area contributed by atoms with Crippen LogP contribution in [0.5, 0.6) is 0 Å². The minimum atomic E-state index is 0.243. The molecule has 0 aromatic carbocycles. The van der Waals surface area contributed by atoms with Crippen LogP contribution in [0.15, 0.2) is 41.3 Å². The van der Waals surface area contributed by atoms with E-state index in [-0.39, 0.29) is 5.92 Å². The van der Waals surface area contributed by atoms with Crippen molar-refractivity contribution in [3.8, 4) is 0 Å². The number of anilines is 1. The van der Waals surface area contributed by atoms with Crippen LogP contribution in [0.2, 0.25) is 0 Å². The molecule has 1 saturated carbocycles. The van der Waals surface area contributed by atoms with E-state index in [0.717, 1.165) is 53.1 Å². The van der Waals surface area contributed by atoms with Gasteiger partial charge in [0.25, 0.3) is 0 Å². The molecule has 4 heterocycles. The topological polar surface area (TPSA) is 75.4 Å². The molecule has 0 radical (unpaired) electrons. The first-order chi connectivity index (χ1) is 14.7. The van der Waals surface area contributed by atoms with Crippen LogP contribution < -0.4 is 5.32 Å². The Hall–Kier alpha value is -2.48. The lowest BCUT2D eigenvalue weighted by atomic mass is 9.94. The maximum Gasteiger partial charge on any atom is 0.222 e. The summed E-state index contributed by atoms with van der Waals surface area (Å²) in [5.41, 5.74) is 2.91. The maximum absolute atomic E-state index is 12.6. The lowest BCUT2D eigenvalue weighted by Crippen LogP contribution is -2.39. The highest BCUT2D eigenvalue weighted by Crippen LogP contribution is 2.35. The first-order valence-electron chi connectivity index (χ1n) is 10.6. The average Bonchev–Trinajstić information content (AvgIpc) is 3.53. The first-order valence-corrected chi connectivity index (χ1v) is 11.4. The molecule has 30 heavy (non-hydrogen) atoms. The number of hydrogen-bond donors (Lipinski definition) is 1. The zero-order chi connectivity index (χ0) is 20.5. The Kier molecular flexibility index (Phi) is 5.41. The molecule has 1 N–H and O–H groups in total. The number of piperidine rings is 1. The van der Waals surface area contributed by atoms with Gasteiger partial charge in [0, 0.05) is 50.4 Å². The van der Waals surface area contributed by atoms with Gasteiger partial charge in [0.1, 0.15) is 5.82 Å². The SMILES string of the molecule is O=C(CC1CC1)N1CCCC(c2cc(NCc3cccnc3)n3ncc(Br)c3n2)C1. The summed E-state index contributed by atoms with van der Waals surface area (Å²) in [5, 5.41) is 7.95. The number of nitrogens with one attached hydrogen (secondary N) is 1. The predicted molar refractivity (Wildman–Crippen MR) is 118 cm³/mol. The number of nitrogens with zero attached hydrogens (tertiary/aromatic N) is 5. The Balaban J connectivity index is 1.39. The molecular formula is C22H25BrN6O. The summed E-state index contributed by atoms with van der Waals surface area (Å²) in [6.07, 6.45) is 10.6. The molecule has 1 atom stereocenters. The molecule has 3 aromatic heterocycles. The molecule has 156 valence electrons. The van der Waals surface area contributed by atoms with Gasteiger partial charge in [-0.1, -0.05) is 6.07 Å². The summed E-state index contributed by atoms with van der Waals surface area (Å²) in [4.78, 5) is 23.8. The summed E-state index contributed by atoms with van der Waals surface area (Å²) in [7, 11) is 0. The lowest BCUT2D eigenvalue weighted by molar-refractivity contribution is -0.132. The molecule has 1 aliphatic heterocycles.